The fourth-order valence-electron chi connectivity index (χ4n) is 2.74. The SMILES string of the molecule is CCn1nc(C)c(Cl)c1CC(N)C1(C)CCCCO1. The Balaban J connectivity index is 2.16. The van der Waals surface area contributed by atoms with E-state index < -0.39 is 0 Å². The van der Waals surface area contributed by atoms with Crippen molar-refractivity contribution in [2.24, 2.45) is 5.73 Å². The van der Waals surface area contributed by atoms with E-state index in [-0.39, 0.29) is 11.6 Å². The molecule has 5 heteroatoms. The predicted octanol–water partition coefficient (Wildman–Crippen LogP) is 2.69. The smallest absolute Gasteiger partial charge is 0.0847 e. The molecule has 0 aromatic carbocycles. The van der Waals surface area contributed by atoms with Crippen LogP contribution in [0.4, 0.5) is 0 Å². The number of nitrogens with zero attached hydrogens (tertiary/aromatic N) is 2. The number of nitrogens with two attached hydrogens (primary N) is 1. The normalized spacial score (nSPS) is 25.5. The van der Waals surface area contributed by atoms with Gasteiger partial charge in [-0.3, -0.25) is 4.68 Å². The molecule has 0 spiro atoms. The van der Waals surface area contributed by atoms with Crippen LogP contribution in [0.2, 0.25) is 5.02 Å². The Bertz CT molecular complexity index is 438. The zero-order valence-corrected chi connectivity index (χ0v) is 12.8. The fraction of sp³-hybridized carbons (Fsp3) is 0.786. The zero-order chi connectivity index (χ0) is 14.0. The summed E-state index contributed by atoms with van der Waals surface area (Å²) < 4.78 is 7.87. The highest BCUT2D eigenvalue weighted by atomic mass is 35.5. The fourth-order valence-corrected chi connectivity index (χ4v) is 2.95. The molecule has 19 heavy (non-hydrogen) atoms. The molecule has 1 aliphatic heterocycles. The number of aryl methyl sites for hydroxylation is 2. The summed E-state index contributed by atoms with van der Waals surface area (Å²) in [4.78, 5) is 0. The largest absolute Gasteiger partial charge is 0.374 e. The highest BCUT2D eigenvalue weighted by molar-refractivity contribution is 6.31. The monoisotopic (exact) mass is 285 g/mol. The molecule has 0 radical (unpaired) electrons. The Morgan fingerprint density at radius 2 is 2.26 bits per heavy atom. The highest BCUT2D eigenvalue weighted by Crippen LogP contribution is 2.30. The molecule has 1 aliphatic rings. The molecule has 108 valence electrons. The van der Waals surface area contributed by atoms with Crippen molar-refractivity contribution >= 4 is 11.6 Å². The van der Waals surface area contributed by atoms with E-state index in [9.17, 15) is 0 Å². The van der Waals surface area contributed by atoms with Gasteiger partial charge in [0.05, 0.1) is 22.0 Å². The Labute approximate surface area is 120 Å². The molecule has 0 bridgehead atoms. The lowest BCUT2D eigenvalue weighted by molar-refractivity contribution is -0.0811. The van der Waals surface area contributed by atoms with E-state index in [1.54, 1.807) is 0 Å². The molecule has 1 fully saturated rings. The maximum atomic E-state index is 6.39. The first-order valence-corrected chi connectivity index (χ1v) is 7.47. The maximum absolute atomic E-state index is 6.39. The molecule has 0 amide bonds. The Kier molecular flexibility index (Phi) is 4.54. The van der Waals surface area contributed by atoms with E-state index in [0.29, 0.717) is 6.42 Å². The van der Waals surface area contributed by atoms with E-state index in [1.807, 2.05) is 11.6 Å². The van der Waals surface area contributed by atoms with Gasteiger partial charge in [-0.25, -0.2) is 0 Å². The van der Waals surface area contributed by atoms with E-state index in [0.717, 1.165) is 42.4 Å². The van der Waals surface area contributed by atoms with E-state index in [1.165, 1.54) is 6.42 Å². The van der Waals surface area contributed by atoms with Crippen LogP contribution in [0.25, 0.3) is 0 Å². The second kappa shape index (κ2) is 5.81. The molecule has 2 atom stereocenters. The lowest BCUT2D eigenvalue weighted by Gasteiger charge is -2.38. The van der Waals surface area contributed by atoms with Crippen molar-refractivity contribution in [2.45, 2.75) is 64.6 Å². The van der Waals surface area contributed by atoms with Gasteiger partial charge in [-0.05, 0) is 40.0 Å². The lowest BCUT2D eigenvalue weighted by atomic mass is 9.86. The molecule has 2 unspecified atom stereocenters. The number of hydrogen-bond donors (Lipinski definition) is 1. The van der Waals surface area contributed by atoms with Crippen LogP contribution in [0.3, 0.4) is 0 Å². The zero-order valence-electron chi connectivity index (χ0n) is 12.1. The van der Waals surface area contributed by atoms with Gasteiger partial charge < -0.3 is 10.5 Å². The minimum atomic E-state index is -0.238. The van der Waals surface area contributed by atoms with Gasteiger partial charge >= 0.3 is 0 Å². The van der Waals surface area contributed by atoms with Crippen molar-refractivity contribution in [2.75, 3.05) is 6.61 Å². The van der Waals surface area contributed by atoms with Gasteiger partial charge in [0.15, 0.2) is 0 Å². The number of rotatable bonds is 4. The van der Waals surface area contributed by atoms with Crippen LogP contribution >= 0.6 is 11.6 Å². The predicted molar refractivity (Wildman–Crippen MR) is 77.5 cm³/mol. The summed E-state index contributed by atoms with van der Waals surface area (Å²) >= 11 is 6.34. The minimum absolute atomic E-state index is 0.0494. The van der Waals surface area contributed by atoms with Crippen molar-refractivity contribution in [3.63, 3.8) is 0 Å². The van der Waals surface area contributed by atoms with Crippen molar-refractivity contribution in [1.29, 1.82) is 0 Å². The minimum Gasteiger partial charge on any atom is -0.374 e. The summed E-state index contributed by atoms with van der Waals surface area (Å²) in [5.41, 5.74) is 8.06. The highest BCUT2D eigenvalue weighted by Gasteiger charge is 2.35. The summed E-state index contributed by atoms with van der Waals surface area (Å²) in [5.74, 6) is 0. The molecule has 2 rings (SSSR count). The van der Waals surface area contributed by atoms with Crippen LogP contribution in [0.1, 0.15) is 44.5 Å². The molecule has 1 saturated heterocycles. The first-order chi connectivity index (χ1) is 8.98. The van der Waals surface area contributed by atoms with E-state index in [2.05, 4.69) is 18.9 Å². The van der Waals surface area contributed by atoms with Crippen molar-refractivity contribution in [3.05, 3.63) is 16.4 Å². The van der Waals surface area contributed by atoms with Gasteiger partial charge in [-0.1, -0.05) is 11.6 Å². The summed E-state index contributed by atoms with van der Waals surface area (Å²) in [7, 11) is 0. The third-order valence-corrected chi connectivity index (χ3v) is 4.64. The Morgan fingerprint density at radius 1 is 1.53 bits per heavy atom. The Hall–Kier alpha value is -0.580. The average molecular weight is 286 g/mol. The van der Waals surface area contributed by atoms with Gasteiger partial charge in [0, 0.05) is 25.6 Å². The molecule has 0 saturated carbocycles. The van der Waals surface area contributed by atoms with Crippen LogP contribution in [0.15, 0.2) is 0 Å². The van der Waals surface area contributed by atoms with Crippen LogP contribution in [-0.4, -0.2) is 28.0 Å². The van der Waals surface area contributed by atoms with E-state index >= 15 is 0 Å². The van der Waals surface area contributed by atoms with Gasteiger partial charge in [0.1, 0.15) is 0 Å². The first kappa shape index (κ1) is 14.8. The number of hydrogen-bond acceptors (Lipinski definition) is 3. The van der Waals surface area contributed by atoms with Gasteiger partial charge in [-0.15, -0.1) is 0 Å². The van der Waals surface area contributed by atoms with Gasteiger partial charge in [0.2, 0.25) is 0 Å². The second-order valence-corrected chi connectivity index (χ2v) is 5.97. The number of halogens is 1. The summed E-state index contributed by atoms with van der Waals surface area (Å²) in [6.45, 7) is 7.74. The van der Waals surface area contributed by atoms with Crippen LogP contribution in [0, 0.1) is 6.92 Å². The quantitative estimate of drug-likeness (QED) is 0.925. The summed E-state index contributed by atoms with van der Waals surface area (Å²) in [6.07, 6.45) is 4.05. The molecule has 1 aromatic rings. The molecular weight excluding hydrogens is 262 g/mol. The van der Waals surface area contributed by atoms with Crippen molar-refractivity contribution < 1.29 is 4.74 Å². The molecule has 4 nitrogen and oxygen atoms in total. The first-order valence-electron chi connectivity index (χ1n) is 7.09. The topological polar surface area (TPSA) is 53.1 Å². The third kappa shape index (κ3) is 2.96. The molecule has 2 heterocycles. The number of ether oxygens (including phenoxy) is 1. The van der Waals surface area contributed by atoms with Crippen molar-refractivity contribution in [1.82, 2.24) is 9.78 Å². The number of aromatic nitrogens is 2. The maximum Gasteiger partial charge on any atom is 0.0847 e. The van der Waals surface area contributed by atoms with E-state index in [4.69, 9.17) is 22.1 Å². The summed E-state index contributed by atoms with van der Waals surface area (Å²) in [5, 5.41) is 5.18. The van der Waals surface area contributed by atoms with Gasteiger partial charge in [0.25, 0.3) is 0 Å². The molecule has 2 N–H and O–H groups in total. The average Bonchev–Trinajstić information content (AvgIpc) is 2.67. The Morgan fingerprint density at radius 3 is 2.84 bits per heavy atom. The van der Waals surface area contributed by atoms with Crippen LogP contribution in [-0.2, 0) is 17.7 Å². The molecule has 1 aromatic heterocycles. The second-order valence-electron chi connectivity index (χ2n) is 5.59. The standard InChI is InChI=1S/C14H24ClN3O/c1-4-18-11(13(15)10(2)17-18)9-12(16)14(3)7-5-6-8-19-14/h12H,4-9,16H2,1-3H3. The van der Waals surface area contributed by atoms with Crippen molar-refractivity contribution in [3.8, 4) is 0 Å². The summed E-state index contributed by atoms with van der Waals surface area (Å²) in [6, 6.07) is -0.0494. The third-order valence-electron chi connectivity index (χ3n) is 4.15. The van der Waals surface area contributed by atoms with Gasteiger partial charge in [-0.2, -0.15) is 5.10 Å². The van der Waals surface area contributed by atoms with Crippen LogP contribution in [0.5, 0.6) is 0 Å². The molecule has 0 aliphatic carbocycles. The van der Waals surface area contributed by atoms with Crippen LogP contribution < -0.4 is 5.73 Å². The lowest BCUT2D eigenvalue weighted by Crippen LogP contribution is -2.51. The molecular formula is C14H24ClN3O.